The van der Waals surface area contributed by atoms with E-state index in [-0.39, 0.29) is 5.97 Å². The Labute approximate surface area is 109 Å². The smallest absolute Gasteiger partial charge is 0.307 e. The lowest BCUT2D eigenvalue weighted by atomic mass is 9.66. The Balaban J connectivity index is 2.03. The third kappa shape index (κ3) is 1.99. The summed E-state index contributed by atoms with van der Waals surface area (Å²) in [6.45, 7) is 8.76. The van der Waals surface area contributed by atoms with Gasteiger partial charge in [-0.25, -0.2) is 0 Å². The quantitative estimate of drug-likeness (QED) is 0.566. The molecule has 2 bridgehead atoms. The number of hydrogen-bond acceptors (Lipinski definition) is 2. The summed E-state index contributed by atoms with van der Waals surface area (Å²) in [7, 11) is 0. The van der Waals surface area contributed by atoms with Crippen molar-refractivity contribution in [2.75, 3.05) is 0 Å². The zero-order chi connectivity index (χ0) is 12.8. The van der Waals surface area contributed by atoms with Crippen LogP contribution in [0.15, 0.2) is 0 Å². The maximum atomic E-state index is 11.7. The Hall–Kier alpha value is -0.240. The molecule has 0 heterocycles. The van der Waals surface area contributed by atoms with Gasteiger partial charge in [0.1, 0.15) is 0 Å². The number of fused-ring (bicyclic) bond motifs is 2. The molecule has 2 aliphatic carbocycles. The van der Waals surface area contributed by atoms with Crippen molar-refractivity contribution in [2.45, 2.75) is 58.9 Å². The average Bonchev–Trinajstić information content (AvgIpc) is 2.49. The van der Waals surface area contributed by atoms with E-state index in [4.69, 9.17) is 16.3 Å². The average molecular weight is 259 g/mol. The van der Waals surface area contributed by atoms with E-state index in [9.17, 15) is 4.79 Å². The summed E-state index contributed by atoms with van der Waals surface area (Å²) < 4.78 is 5.06. The second kappa shape index (κ2) is 4.15. The Bertz CT molecular complexity index is 324. The fraction of sp³-hybridized carbons (Fsp3) is 0.929. The SMILES string of the molecule is CC(Cl)OC(=O)C[C@@H]1C[C@@H]2CC[C@@]1(C)C2(C)C. The van der Waals surface area contributed by atoms with Gasteiger partial charge in [0.25, 0.3) is 0 Å². The Morgan fingerprint density at radius 3 is 2.53 bits per heavy atom. The monoisotopic (exact) mass is 258 g/mol. The minimum absolute atomic E-state index is 0.137. The van der Waals surface area contributed by atoms with E-state index in [1.165, 1.54) is 19.3 Å². The third-order valence-electron chi connectivity index (χ3n) is 5.68. The van der Waals surface area contributed by atoms with E-state index in [0.29, 0.717) is 23.2 Å². The van der Waals surface area contributed by atoms with Crippen LogP contribution in [0.4, 0.5) is 0 Å². The van der Waals surface area contributed by atoms with Crippen molar-refractivity contribution in [1.82, 2.24) is 0 Å². The van der Waals surface area contributed by atoms with Gasteiger partial charge in [0.15, 0.2) is 5.56 Å². The molecule has 98 valence electrons. The van der Waals surface area contributed by atoms with Gasteiger partial charge in [0, 0.05) is 6.42 Å². The summed E-state index contributed by atoms with van der Waals surface area (Å²) >= 11 is 5.68. The maximum absolute atomic E-state index is 11.7. The normalized spacial score (nSPS) is 40.3. The zero-order valence-corrected chi connectivity index (χ0v) is 12.0. The van der Waals surface area contributed by atoms with Crippen molar-refractivity contribution < 1.29 is 9.53 Å². The lowest BCUT2D eigenvalue weighted by Crippen LogP contribution is -2.33. The molecule has 17 heavy (non-hydrogen) atoms. The Kier molecular flexibility index (Phi) is 3.22. The molecule has 1 unspecified atom stereocenters. The van der Waals surface area contributed by atoms with E-state index in [2.05, 4.69) is 20.8 Å². The molecule has 0 radical (unpaired) electrons. The largest absolute Gasteiger partial charge is 0.446 e. The van der Waals surface area contributed by atoms with Crippen LogP contribution in [-0.2, 0) is 9.53 Å². The predicted molar refractivity (Wildman–Crippen MR) is 68.7 cm³/mol. The van der Waals surface area contributed by atoms with E-state index >= 15 is 0 Å². The highest BCUT2D eigenvalue weighted by Crippen LogP contribution is 2.68. The van der Waals surface area contributed by atoms with Crippen LogP contribution in [0.5, 0.6) is 0 Å². The molecule has 0 aromatic heterocycles. The lowest BCUT2D eigenvalue weighted by molar-refractivity contribution is -0.147. The van der Waals surface area contributed by atoms with E-state index < -0.39 is 5.56 Å². The van der Waals surface area contributed by atoms with Gasteiger partial charge in [-0.15, -0.1) is 0 Å². The first-order chi connectivity index (χ1) is 7.77. The molecule has 0 saturated heterocycles. The molecule has 0 aliphatic heterocycles. The topological polar surface area (TPSA) is 26.3 Å². The predicted octanol–water partition coefficient (Wildman–Crippen LogP) is 3.97. The standard InChI is InChI=1S/C14H23ClO2/c1-9(15)17-12(16)8-11-7-10-5-6-14(11,4)13(10,2)3/h9-11H,5-8H2,1-4H3/t9?,10-,11-,14+/m0/s1. The molecular weight excluding hydrogens is 236 g/mol. The number of esters is 1. The Morgan fingerprint density at radius 2 is 2.12 bits per heavy atom. The molecule has 0 N–H and O–H groups in total. The van der Waals surface area contributed by atoms with Crippen molar-refractivity contribution in [3.63, 3.8) is 0 Å². The van der Waals surface area contributed by atoms with Gasteiger partial charge in [-0.05, 0) is 48.9 Å². The first kappa shape index (κ1) is 13.2. The zero-order valence-electron chi connectivity index (χ0n) is 11.3. The molecule has 0 amide bonds. The van der Waals surface area contributed by atoms with E-state index in [1.807, 2.05) is 0 Å². The van der Waals surface area contributed by atoms with Crippen molar-refractivity contribution in [1.29, 1.82) is 0 Å². The van der Waals surface area contributed by atoms with Gasteiger partial charge in [-0.3, -0.25) is 4.79 Å². The number of ether oxygens (including phenoxy) is 1. The molecule has 0 spiro atoms. The number of halogens is 1. The highest BCUT2D eigenvalue weighted by Gasteiger charge is 2.61. The molecular formula is C14H23ClO2. The van der Waals surface area contributed by atoms with Gasteiger partial charge < -0.3 is 4.74 Å². The minimum atomic E-state index is -0.512. The summed E-state index contributed by atoms with van der Waals surface area (Å²) in [6.07, 6.45) is 4.28. The molecule has 2 nitrogen and oxygen atoms in total. The lowest BCUT2D eigenvalue weighted by Gasteiger charge is -2.39. The van der Waals surface area contributed by atoms with Crippen LogP contribution in [0.2, 0.25) is 0 Å². The van der Waals surface area contributed by atoms with Crippen LogP contribution in [-0.4, -0.2) is 11.5 Å². The third-order valence-corrected chi connectivity index (χ3v) is 5.77. The first-order valence-corrected chi connectivity index (χ1v) is 7.04. The van der Waals surface area contributed by atoms with Crippen LogP contribution in [0.25, 0.3) is 0 Å². The molecule has 0 aromatic carbocycles. The summed E-state index contributed by atoms with van der Waals surface area (Å²) in [6, 6.07) is 0. The highest BCUT2D eigenvalue weighted by molar-refractivity contribution is 6.19. The second-order valence-corrected chi connectivity index (χ2v) is 7.16. The van der Waals surface area contributed by atoms with Gasteiger partial charge in [0.2, 0.25) is 0 Å². The number of alkyl halides is 1. The molecule has 2 rings (SSSR count). The number of carbonyl (C=O) groups is 1. The first-order valence-electron chi connectivity index (χ1n) is 6.61. The molecule has 2 saturated carbocycles. The summed E-state index contributed by atoms with van der Waals surface area (Å²) in [4.78, 5) is 11.7. The van der Waals surface area contributed by atoms with Crippen molar-refractivity contribution in [2.24, 2.45) is 22.7 Å². The molecule has 2 fully saturated rings. The minimum Gasteiger partial charge on any atom is -0.446 e. The highest BCUT2D eigenvalue weighted by atomic mass is 35.5. The summed E-state index contributed by atoms with van der Waals surface area (Å²) in [5.41, 5.74) is 0.151. The number of carbonyl (C=O) groups excluding carboxylic acids is 1. The molecule has 0 aromatic rings. The van der Waals surface area contributed by atoms with E-state index in [1.54, 1.807) is 6.92 Å². The van der Waals surface area contributed by atoms with Crippen molar-refractivity contribution in [3.05, 3.63) is 0 Å². The number of hydrogen-bond donors (Lipinski definition) is 0. The van der Waals surface area contributed by atoms with Gasteiger partial charge >= 0.3 is 5.97 Å². The van der Waals surface area contributed by atoms with Crippen LogP contribution in [0, 0.1) is 22.7 Å². The summed E-state index contributed by atoms with van der Waals surface area (Å²) in [5, 5.41) is 0. The molecule has 2 aliphatic rings. The molecule has 4 atom stereocenters. The second-order valence-electron chi connectivity index (χ2n) is 6.54. The van der Waals surface area contributed by atoms with Gasteiger partial charge in [-0.1, -0.05) is 32.4 Å². The van der Waals surface area contributed by atoms with Crippen LogP contribution >= 0.6 is 11.6 Å². The maximum Gasteiger partial charge on any atom is 0.307 e. The van der Waals surface area contributed by atoms with Crippen molar-refractivity contribution >= 4 is 17.6 Å². The summed E-state index contributed by atoms with van der Waals surface area (Å²) in [5.74, 6) is 1.11. The van der Waals surface area contributed by atoms with E-state index in [0.717, 1.165) is 5.92 Å². The molecule has 3 heteroatoms. The number of rotatable bonds is 3. The van der Waals surface area contributed by atoms with Gasteiger partial charge in [0.05, 0.1) is 0 Å². The fourth-order valence-electron chi connectivity index (χ4n) is 4.11. The van der Waals surface area contributed by atoms with Gasteiger partial charge in [-0.2, -0.15) is 0 Å². The fourth-order valence-corrected chi connectivity index (χ4v) is 4.21. The van der Waals surface area contributed by atoms with Crippen LogP contribution < -0.4 is 0 Å². The van der Waals surface area contributed by atoms with Crippen molar-refractivity contribution in [3.8, 4) is 0 Å². The Morgan fingerprint density at radius 1 is 1.47 bits per heavy atom. The van der Waals surface area contributed by atoms with Crippen LogP contribution in [0.1, 0.15) is 53.4 Å². The van der Waals surface area contributed by atoms with Crippen LogP contribution in [0.3, 0.4) is 0 Å².